The van der Waals surface area contributed by atoms with Crippen LogP contribution in [0.1, 0.15) is 5.56 Å². The van der Waals surface area contributed by atoms with Gasteiger partial charge in [0.25, 0.3) is 0 Å². The van der Waals surface area contributed by atoms with Gasteiger partial charge in [0, 0.05) is 6.04 Å². The summed E-state index contributed by atoms with van der Waals surface area (Å²) in [5, 5.41) is 3.25. The molecule has 0 bridgehead atoms. The molecule has 1 aromatic rings. The van der Waals surface area contributed by atoms with E-state index in [1.807, 2.05) is 13.0 Å². The van der Waals surface area contributed by atoms with E-state index < -0.39 is 10.0 Å². The number of benzene rings is 1. The Morgan fingerprint density at radius 3 is 2.65 bits per heavy atom. The quantitative estimate of drug-likeness (QED) is 0.823. The molecule has 1 saturated heterocycles. The minimum absolute atomic E-state index is 0.141. The van der Waals surface area contributed by atoms with Gasteiger partial charge in [-0.1, -0.05) is 12.1 Å². The summed E-state index contributed by atoms with van der Waals surface area (Å²) in [7, 11) is -3.34. The van der Waals surface area contributed by atoms with Gasteiger partial charge in [0.1, 0.15) is 0 Å². The van der Waals surface area contributed by atoms with E-state index in [1.165, 1.54) is 0 Å². The average Bonchev–Trinajstić information content (AvgIpc) is 2.75. The minimum atomic E-state index is -3.34. The van der Waals surface area contributed by atoms with E-state index in [9.17, 15) is 8.42 Å². The summed E-state index contributed by atoms with van der Waals surface area (Å²) >= 11 is 0. The number of fused-ring (bicyclic) bond motifs is 1. The zero-order valence-electron chi connectivity index (χ0n) is 9.68. The maximum Gasteiger partial charge on any atom is 0.240 e. The fourth-order valence-corrected chi connectivity index (χ4v) is 4.07. The fraction of sp³-hybridized carbons (Fsp3) is 0.500. The maximum atomic E-state index is 12.1. The smallest absolute Gasteiger partial charge is 0.240 e. The molecule has 2 aliphatic rings. The molecule has 1 aromatic carbocycles. The molecule has 92 valence electrons. The van der Waals surface area contributed by atoms with Crippen molar-refractivity contribution in [2.24, 2.45) is 11.8 Å². The first-order valence-electron chi connectivity index (χ1n) is 5.88. The molecule has 1 aliphatic carbocycles. The van der Waals surface area contributed by atoms with Gasteiger partial charge in [0.05, 0.1) is 4.90 Å². The second-order valence-electron chi connectivity index (χ2n) is 4.95. The van der Waals surface area contributed by atoms with Crippen molar-refractivity contribution in [1.82, 2.24) is 10.0 Å². The Bertz CT molecular complexity index is 531. The lowest BCUT2D eigenvalue weighted by Crippen LogP contribution is -2.32. The van der Waals surface area contributed by atoms with E-state index >= 15 is 0 Å². The summed E-state index contributed by atoms with van der Waals surface area (Å²) in [6.45, 7) is 3.77. The van der Waals surface area contributed by atoms with Crippen molar-refractivity contribution in [1.29, 1.82) is 0 Å². The molecule has 2 fully saturated rings. The van der Waals surface area contributed by atoms with Crippen molar-refractivity contribution >= 4 is 10.0 Å². The Kier molecular flexibility index (Phi) is 2.50. The molecule has 17 heavy (non-hydrogen) atoms. The van der Waals surface area contributed by atoms with Crippen LogP contribution in [0.3, 0.4) is 0 Å². The van der Waals surface area contributed by atoms with Crippen molar-refractivity contribution in [2.75, 3.05) is 13.1 Å². The number of sulfonamides is 1. The molecule has 2 unspecified atom stereocenters. The third-order valence-electron chi connectivity index (χ3n) is 3.68. The van der Waals surface area contributed by atoms with Crippen LogP contribution in [0.15, 0.2) is 29.2 Å². The van der Waals surface area contributed by atoms with Crippen LogP contribution in [0.25, 0.3) is 0 Å². The topological polar surface area (TPSA) is 58.2 Å². The van der Waals surface area contributed by atoms with Gasteiger partial charge in [-0.3, -0.25) is 0 Å². The summed E-state index contributed by atoms with van der Waals surface area (Å²) in [5.41, 5.74) is 0.963. The molecule has 1 saturated carbocycles. The molecule has 0 spiro atoms. The van der Waals surface area contributed by atoms with Crippen LogP contribution in [0, 0.1) is 18.8 Å². The standard InChI is InChI=1S/C12H16N2O2S/c1-8-3-2-4-9(5-8)17(15,16)14-12-10-6-13-7-11(10)12/h2-5,10-14H,6-7H2,1H3. The second kappa shape index (κ2) is 3.80. The van der Waals surface area contributed by atoms with Gasteiger partial charge in [0.15, 0.2) is 0 Å². The highest BCUT2D eigenvalue weighted by atomic mass is 32.2. The van der Waals surface area contributed by atoms with Gasteiger partial charge in [-0.25, -0.2) is 13.1 Å². The van der Waals surface area contributed by atoms with Crippen LogP contribution in [0.5, 0.6) is 0 Å². The first-order chi connectivity index (χ1) is 8.08. The Hall–Kier alpha value is -0.910. The lowest BCUT2D eigenvalue weighted by Gasteiger charge is -2.09. The maximum absolute atomic E-state index is 12.1. The summed E-state index contributed by atoms with van der Waals surface area (Å²) in [6.07, 6.45) is 0. The summed E-state index contributed by atoms with van der Waals surface area (Å²) < 4.78 is 27.1. The monoisotopic (exact) mass is 252 g/mol. The van der Waals surface area contributed by atoms with Gasteiger partial charge in [-0.2, -0.15) is 0 Å². The zero-order valence-corrected chi connectivity index (χ0v) is 10.5. The first kappa shape index (κ1) is 11.2. The lowest BCUT2D eigenvalue weighted by molar-refractivity contribution is 0.565. The van der Waals surface area contributed by atoms with E-state index in [2.05, 4.69) is 10.0 Å². The third kappa shape index (κ3) is 1.99. The minimum Gasteiger partial charge on any atom is -0.316 e. The molecular formula is C12H16N2O2S. The molecule has 4 nitrogen and oxygen atoms in total. The SMILES string of the molecule is Cc1cccc(S(=O)(=O)NC2C3CNCC32)c1. The molecule has 3 rings (SSSR count). The van der Waals surface area contributed by atoms with Crippen LogP contribution in [0.4, 0.5) is 0 Å². The van der Waals surface area contributed by atoms with Crippen LogP contribution in [0.2, 0.25) is 0 Å². The van der Waals surface area contributed by atoms with Crippen LogP contribution >= 0.6 is 0 Å². The van der Waals surface area contributed by atoms with Crippen LogP contribution in [-0.2, 0) is 10.0 Å². The molecule has 5 heteroatoms. The number of aryl methyl sites for hydroxylation is 1. The Morgan fingerprint density at radius 1 is 1.29 bits per heavy atom. The largest absolute Gasteiger partial charge is 0.316 e. The van der Waals surface area contributed by atoms with Gasteiger partial charge < -0.3 is 5.32 Å². The molecule has 1 aliphatic heterocycles. The van der Waals surface area contributed by atoms with Crippen LogP contribution < -0.4 is 10.0 Å². The van der Waals surface area contributed by atoms with Crippen molar-refractivity contribution in [3.05, 3.63) is 29.8 Å². The van der Waals surface area contributed by atoms with Crippen molar-refractivity contribution in [3.8, 4) is 0 Å². The highest BCUT2D eigenvalue weighted by Crippen LogP contribution is 2.42. The lowest BCUT2D eigenvalue weighted by atomic mass is 10.2. The summed E-state index contributed by atoms with van der Waals surface area (Å²) in [5.74, 6) is 0.990. The normalized spacial score (nSPS) is 31.2. The fourth-order valence-electron chi connectivity index (χ4n) is 2.62. The molecule has 2 atom stereocenters. The Labute approximate surface area is 101 Å². The number of piperidine rings is 1. The predicted molar refractivity (Wildman–Crippen MR) is 65.1 cm³/mol. The van der Waals surface area contributed by atoms with Gasteiger partial charge in [0.2, 0.25) is 10.0 Å². The van der Waals surface area contributed by atoms with Crippen molar-refractivity contribution in [2.45, 2.75) is 17.9 Å². The van der Waals surface area contributed by atoms with E-state index in [1.54, 1.807) is 18.2 Å². The molecule has 2 N–H and O–H groups in total. The van der Waals surface area contributed by atoms with E-state index in [4.69, 9.17) is 0 Å². The highest BCUT2D eigenvalue weighted by molar-refractivity contribution is 7.89. The van der Waals surface area contributed by atoms with Gasteiger partial charge in [-0.05, 0) is 49.5 Å². The first-order valence-corrected chi connectivity index (χ1v) is 7.36. The molecule has 0 amide bonds. The third-order valence-corrected chi connectivity index (χ3v) is 5.14. The van der Waals surface area contributed by atoms with Crippen molar-refractivity contribution < 1.29 is 8.42 Å². The number of hydrogen-bond acceptors (Lipinski definition) is 3. The predicted octanol–water partition coefficient (Wildman–Crippen LogP) is 0.491. The number of nitrogens with one attached hydrogen (secondary N) is 2. The van der Waals surface area contributed by atoms with Gasteiger partial charge >= 0.3 is 0 Å². The second-order valence-corrected chi connectivity index (χ2v) is 6.66. The molecular weight excluding hydrogens is 236 g/mol. The summed E-state index contributed by atoms with van der Waals surface area (Å²) in [6, 6.07) is 7.17. The van der Waals surface area contributed by atoms with Gasteiger partial charge in [-0.15, -0.1) is 0 Å². The highest BCUT2D eigenvalue weighted by Gasteiger charge is 2.54. The Morgan fingerprint density at radius 2 is 2.00 bits per heavy atom. The van der Waals surface area contributed by atoms with E-state index in [0.29, 0.717) is 16.7 Å². The Balaban J connectivity index is 1.78. The van der Waals surface area contributed by atoms with E-state index in [-0.39, 0.29) is 6.04 Å². The number of rotatable bonds is 3. The molecule has 0 radical (unpaired) electrons. The van der Waals surface area contributed by atoms with Crippen LogP contribution in [-0.4, -0.2) is 27.5 Å². The van der Waals surface area contributed by atoms with E-state index in [0.717, 1.165) is 18.7 Å². The zero-order chi connectivity index (χ0) is 12.0. The van der Waals surface area contributed by atoms with Crippen molar-refractivity contribution in [3.63, 3.8) is 0 Å². The summed E-state index contributed by atoms with van der Waals surface area (Å²) in [4.78, 5) is 0.371. The average molecular weight is 252 g/mol. The molecule has 1 heterocycles. The number of hydrogen-bond donors (Lipinski definition) is 2. The molecule has 0 aromatic heterocycles.